The zero-order chi connectivity index (χ0) is 21.4. The third kappa shape index (κ3) is 3.57. The molecule has 0 atom stereocenters. The maximum atomic E-state index is 13.0. The first-order valence-electron chi connectivity index (χ1n) is 9.43. The van der Waals surface area contributed by atoms with Crippen molar-refractivity contribution in [2.45, 2.75) is 6.54 Å². The summed E-state index contributed by atoms with van der Waals surface area (Å²) in [6, 6.07) is 16.4. The minimum Gasteiger partial charge on any atom is -0.496 e. The maximum Gasteiger partial charge on any atom is 0.277 e. The minimum absolute atomic E-state index is 0.144. The highest BCUT2D eigenvalue weighted by Gasteiger charge is 2.14. The molecule has 2 aromatic carbocycles. The Bertz CT molecular complexity index is 1440. The summed E-state index contributed by atoms with van der Waals surface area (Å²) in [5, 5.41) is 9.13. The van der Waals surface area contributed by atoms with E-state index in [1.165, 1.54) is 4.57 Å². The molecule has 3 aromatic heterocycles. The number of rotatable bonds is 5. The van der Waals surface area contributed by atoms with E-state index in [0.717, 1.165) is 11.1 Å². The molecule has 0 radical (unpaired) electrons. The van der Waals surface area contributed by atoms with Gasteiger partial charge < -0.3 is 13.8 Å². The molecule has 0 spiro atoms. The van der Waals surface area contributed by atoms with Crippen molar-refractivity contribution in [2.75, 3.05) is 7.11 Å². The molecule has 0 aliphatic rings. The molecule has 5 aromatic rings. The largest absolute Gasteiger partial charge is 0.496 e. The summed E-state index contributed by atoms with van der Waals surface area (Å²) in [6.45, 7) is 0.144. The van der Waals surface area contributed by atoms with Crippen LogP contribution in [0.1, 0.15) is 5.89 Å². The van der Waals surface area contributed by atoms with Crippen LogP contribution >= 0.6 is 11.6 Å². The number of halogens is 1. The van der Waals surface area contributed by atoms with Gasteiger partial charge in [0.2, 0.25) is 11.7 Å². The van der Waals surface area contributed by atoms with Crippen LogP contribution in [0.15, 0.2) is 76.3 Å². The molecular formula is C22H16ClN5O3. The summed E-state index contributed by atoms with van der Waals surface area (Å²) >= 11 is 5.92. The highest BCUT2D eigenvalue weighted by Crippen LogP contribution is 2.28. The van der Waals surface area contributed by atoms with Crippen LogP contribution in [0.2, 0.25) is 5.02 Å². The highest BCUT2D eigenvalue weighted by atomic mass is 35.5. The maximum absolute atomic E-state index is 13.0. The Labute approximate surface area is 181 Å². The number of methoxy groups -OCH3 is 1. The Balaban J connectivity index is 1.47. The smallest absolute Gasteiger partial charge is 0.277 e. The highest BCUT2D eigenvalue weighted by molar-refractivity contribution is 6.30. The molecule has 3 heterocycles. The van der Waals surface area contributed by atoms with Crippen LogP contribution in [0.5, 0.6) is 5.75 Å². The van der Waals surface area contributed by atoms with Gasteiger partial charge in [-0.3, -0.25) is 4.79 Å². The molecule has 0 saturated carbocycles. The van der Waals surface area contributed by atoms with Gasteiger partial charge in [0.05, 0.1) is 12.8 Å². The number of para-hydroxylation sites is 1. The number of hydrogen-bond donors (Lipinski definition) is 0. The lowest BCUT2D eigenvalue weighted by atomic mass is 10.1. The predicted octanol–water partition coefficient (Wildman–Crippen LogP) is 3.92. The topological polar surface area (TPSA) is 87.5 Å². The van der Waals surface area contributed by atoms with Crippen LogP contribution in [0.25, 0.3) is 28.2 Å². The van der Waals surface area contributed by atoms with Gasteiger partial charge in [-0.1, -0.05) is 28.9 Å². The van der Waals surface area contributed by atoms with E-state index in [-0.39, 0.29) is 12.1 Å². The number of fused-ring (bicyclic) bond motifs is 1. The molecule has 31 heavy (non-hydrogen) atoms. The van der Waals surface area contributed by atoms with Crippen LogP contribution < -0.4 is 10.3 Å². The van der Waals surface area contributed by atoms with Crippen LogP contribution in [0.4, 0.5) is 0 Å². The van der Waals surface area contributed by atoms with E-state index in [9.17, 15) is 4.79 Å². The van der Waals surface area contributed by atoms with Gasteiger partial charge in [0, 0.05) is 28.5 Å². The van der Waals surface area contributed by atoms with Crippen molar-refractivity contribution in [1.82, 2.24) is 24.3 Å². The fraction of sp³-hybridized carbons (Fsp3) is 0.0909. The third-order valence-corrected chi connectivity index (χ3v) is 5.11. The molecule has 0 N–H and O–H groups in total. The van der Waals surface area contributed by atoms with Gasteiger partial charge in [-0.25, -0.2) is 4.52 Å². The molecular weight excluding hydrogens is 418 g/mol. The molecule has 0 fully saturated rings. The van der Waals surface area contributed by atoms with Gasteiger partial charge >= 0.3 is 0 Å². The average molecular weight is 434 g/mol. The number of ether oxygens (including phenoxy) is 1. The first-order valence-corrected chi connectivity index (χ1v) is 9.81. The molecule has 9 heteroatoms. The molecule has 0 unspecified atom stereocenters. The van der Waals surface area contributed by atoms with E-state index < -0.39 is 0 Å². The SMILES string of the molecule is COc1ccccc1-c1cc2c(=O)n(Cc3nc(-c4ccc(Cl)cc4)no3)ccn2n1. The van der Waals surface area contributed by atoms with Crippen LogP contribution in [0.3, 0.4) is 0 Å². The molecule has 154 valence electrons. The zero-order valence-corrected chi connectivity index (χ0v) is 17.2. The third-order valence-electron chi connectivity index (χ3n) is 4.86. The fourth-order valence-corrected chi connectivity index (χ4v) is 3.45. The zero-order valence-electron chi connectivity index (χ0n) is 16.4. The lowest BCUT2D eigenvalue weighted by molar-refractivity contribution is 0.370. The number of nitrogens with zero attached hydrogens (tertiary/aromatic N) is 5. The van der Waals surface area contributed by atoms with E-state index in [0.29, 0.717) is 33.7 Å². The summed E-state index contributed by atoms with van der Waals surface area (Å²) in [5.41, 5.74) is 2.45. The number of benzene rings is 2. The molecule has 8 nitrogen and oxygen atoms in total. The molecule has 0 amide bonds. The Hall–Kier alpha value is -3.91. The van der Waals surface area contributed by atoms with E-state index in [1.807, 2.05) is 24.3 Å². The molecule has 0 aliphatic carbocycles. The van der Waals surface area contributed by atoms with Crippen molar-refractivity contribution in [3.8, 4) is 28.4 Å². The van der Waals surface area contributed by atoms with Crippen LogP contribution in [0, 0.1) is 0 Å². The minimum atomic E-state index is -0.220. The summed E-state index contributed by atoms with van der Waals surface area (Å²) in [4.78, 5) is 17.4. The Morgan fingerprint density at radius 1 is 1.10 bits per heavy atom. The average Bonchev–Trinajstić information content (AvgIpc) is 3.44. The van der Waals surface area contributed by atoms with Gasteiger partial charge in [-0.2, -0.15) is 10.1 Å². The molecule has 0 saturated heterocycles. The molecule has 0 bridgehead atoms. The lowest BCUT2D eigenvalue weighted by Gasteiger charge is -2.04. The monoisotopic (exact) mass is 433 g/mol. The van der Waals surface area contributed by atoms with Crippen molar-refractivity contribution < 1.29 is 9.26 Å². The van der Waals surface area contributed by atoms with Gasteiger partial charge in [0.1, 0.15) is 17.8 Å². The summed E-state index contributed by atoms with van der Waals surface area (Å²) in [6.07, 6.45) is 3.35. The second kappa shape index (κ2) is 7.73. The van der Waals surface area contributed by atoms with E-state index in [4.69, 9.17) is 20.9 Å². The van der Waals surface area contributed by atoms with Crippen molar-refractivity contribution in [3.05, 3.63) is 88.3 Å². The molecule has 5 rings (SSSR count). The van der Waals surface area contributed by atoms with E-state index in [1.54, 1.807) is 54.4 Å². The first kappa shape index (κ1) is 19.1. The summed E-state index contributed by atoms with van der Waals surface area (Å²) in [5.74, 6) is 1.44. The van der Waals surface area contributed by atoms with Gasteiger partial charge in [0.25, 0.3) is 5.56 Å². The number of aromatic nitrogens is 5. The Kier molecular flexibility index (Phi) is 4.76. The quantitative estimate of drug-likeness (QED) is 0.417. The summed E-state index contributed by atoms with van der Waals surface area (Å²) < 4.78 is 13.8. The normalized spacial score (nSPS) is 11.2. The predicted molar refractivity (Wildman–Crippen MR) is 115 cm³/mol. The second-order valence-corrected chi connectivity index (χ2v) is 7.25. The van der Waals surface area contributed by atoms with Crippen molar-refractivity contribution in [3.63, 3.8) is 0 Å². The Morgan fingerprint density at radius 2 is 1.90 bits per heavy atom. The Morgan fingerprint density at radius 3 is 2.71 bits per heavy atom. The molecule has 0 aliphatic heterocycles. The van der Waals surface area contributed by atoms with Crippen molar-refractivity contribution in [2.24, 2.45) is 0 Å². The first-order chi connectivity index (χ1) is 15.1. The van der Waals surface area contributed by atoms with Crippen molar-refractivity contribution >= 4 is 17.1 Å². The van der Waals surface area contributed by atoms with Gasteiger partial charge in [-0.15, -0.1) is 0 Å². The standard InChI is InChI=1S/C22H16ClN5O3/c1-30-19-5-3-2-4-16(19)17-12-18-22(29)27(10-11-28(18)25-17)13-20-24-21(26-31-20)14-6-8-15(23)9-7-14/h2-12H,13H2,1H3. The number of hydrogen-bond acceptors (Lipinski definition) is 6. The van der Waals surface area contributed by atoms with Crippen LogP contribution in [-0.2, 0) is 6.54 Å². The van der Waals surface area contributed by atoms with E-state index in [2.05, 4.69) is 15.2 Å². The fourth-order valence-electron chi connectivity index (χ4n) is 3.32. The van der Waals surface area contributed by atoms with Crippen LogP contribution in [-0.4, -0.2) is 31.4 Å². The van der Waals surface area contributed by atoms with Crippen molar-refractivity contribution in [1.29, 1.82) is 0 Å². The second-order valence-electron chi connectivity index (χ2n) is 6.81. The lowest BCUT2D eigenvalue weighted by Crippen LogP contribution is -2.21. The summed E-state index contributed by atoms with van der Waals surface area (Å²) in [7, 11) is 1.60. The van der Waals surface area contributed by atoms with E-state index >= 15 is 0 Å². The van der Waals surface area contributed by atoms with Gasteiger partial charge in [0.15, 0.2) is 0 Å². The van der Waals surface area contributed by atoms with Gasteiger partial charge in [-0.05, 0) is 42.5 Å².